The maximum Gasteiger partial charge on any atom is 0.271 e. The highest BCUT2D eigenvalue weighted by Gasteiger charge is 2.11. The van der Waals surface area contributed by atoms with Crippen molar-refractivity contribution < 1.29 is 9.00 Å². The van der Waals surface area contributed by atoms with Gasteiger partial charge in [-0.1, -0.05) is 0 Å². The molecule has 94 valence electrons. The third-order valence-electron chi connectivity index (χ3n) is 2.27. The Morgan fingerprint density at radius 1 is 1.47 bits per heavy atom. The molecule has 0 bridgehead atoms. The standard InChI is InChI=1S/C10H16N4O2S/c1-7(17(3)16)6-12-10(15)8-4-5-9(11-2)14-13-8/h4-5,7H,6H2,1-3H3,(H,11,14)(H,12,15). The lowest BCUT2D eigenvalue weighted by atomic mass is 10.3. The van der Waals surface area contributed by atoms with Crippen molar-refractivity contribution in [3.63, 3.8) is 0 Å². The Balaban J connectivity index is 2.55. The number of nitrogens with one attached hydrogen (secondary N) is 2. The lowest BCUT2D eigenvalue weighted by Gasteiger charge is -2.09. The van der Waals surface area contributed by atoms with Gasteiger partial charge in [-0.3, -0.25) is 9.00 Å². The van der Waals surface area contributed by atoms with Crippen LogP contribution in [-0.2, 0) is 10.8 Å². The zero-order chi connectivity index (χ0) is 12.8. The zero-order valence-electron chi connectivity index (χ0n) is 10.1. The molecule has 1 heterocycles. The molecule has 2 unspecified atom stereocenters. The molecule has 1 rings (SSSR count). The highest BCUT2D eigenvalue weighted by molar-refractivity contribution is 7.84. The maximum atomic E-state index is 11.6. The molecule has 1 aromatic heterocycles. The third kappa shape index (κ3) is 4.10. The third-order valence-corrected chi connectivity index (χ3v) is 3.57. The average molecular weight is 256 g/mol. The van der Waals surface area contributed by atoms with E-state index >= 15 is 0 Å². The lowest BCUT2D eigenvalue weighted by Crippen LogP contribution is -2.33. The summed E-state index contributed by atoms with van der Waals surface area (Å²) in [5.74, 6) is 0.294. The quantitative estimate of drug-likeness (QED) is 0.775. The first-order valence-electron chi connectivity index (χ1n) is 5.16. The second kappa shape index (κ2) is 6.29. The second-order valence-corrected chi connectivity index (χ2v) is 5.37. The van der Waals surface area contributed by atoms with E-state index in [1.807, 2.05) is 6.92 Å². The van der Waals surface area contributed by atoms with Gasteiger partial charge in [-0.25, -0.2) is 0 Å². The summed E-state index contributed by atoms with van der Waals surface area (Å²) in [4.78, 5) is 11.6. The van der Waals surface area contributed by atoms with Crippen LogP contribution < -0.4 is 10.6 Å². The van der Waals surface area contributed by atoms with Gasteiger partial charge in [-0.2, -0.15) is 0 Å². The van der Waals surface area contributed by atoms with Crippen LogP contribution in [0.15, 0.2) is 12.1 Å². The molecular weight excluding hydrogens is 240 g/mol. The van der Waals surface area contributed by atoms with E-state index in [9.17, 15) is 9.00 Å². The fourth-order valence-corrected chi connectivity index (χ4v) is 1.35. The van der Waals surface area contributed by atoms with Gasteiger partial charge in [0, 0.05) is 35.9 Å². The van der Waals surface area contributed by atoms with Crippen molar-refractivity contribution in [3.8, 4) is 0 Å². The molecule has 2 N–H and O–H groups in total. The van der Waals surface area contributed by atoms with Gasteiger partial charge < -0.3 is 10.6 Å². The minimum atomic E-state index is -0.949. The van der Waals surface area contributed by atoms with Crippen molar-refractivity contribution in [1.82, 2.24) is 15.5 Å². The summed E-state index contributed by atoms with van der Waals surface area (Å²) < 4.78 is 11.1. The predicted octanol–water partition coefficient (Wildman–Crippen LogP) is 0.0151. The smallest absolute Gasteiger partial charge is 0.271 e. The summed E-state index contributed by atoms with van der Waals surface area (Å²) in [6, 6.07) is 3.26. The Hall–Kier alpha value is -1.50. The molecule has 1 amide bonds. The molecular formula is C10H16N4O2S. The van der Waals surface area contributed by atoms with E-state index in [1.165, 1.54) is 0 Å². The first-order valence-corrected chi connectivity index (χ1v) is 6.78. The van der Waals surface area contributed by atoms with Crippen LogP contribution in [-0.4, -0.2) is 45.4 Å². The molecule has 0 aliphatic heterocycles. The van der Waals surface area contributed by atoms with E-state index in [0.29, 0.717) is 12.4 Å². The number of carbonyl (C=O) groups excluding carboxylic acids is 1. The SMILES string of the molecule is CNc1ccc(C(=O)NCC(C)S(C)=O)nn1. The number of hydrogen-bond acceptors (Lipinski definition) is 5. The Labute approximate surface area is 103 Å². The number of nitrogens with zero attached hydrogens (tertiary/aromatic N) is 2. The normalized spacial score (nSPS) is 13.8. The van der Waals surface area contributed by atoms with Crippen molar-refractivity contribution in [1.29, 1.82) is 0 Å². The number of anilines is 1. The predicted molar refractivity (Wildman–Crippen MR) is 67.4 cm³/mol. The van der Waals surface area contributed by atoms with Crippen LogP contribution in [0.4, 0.5) is 5.82 Å². The summed E-state index contributed by atoms with van der Waals surface area (Å²) in [6.07, 6.45) is 1.61. The van der Waals surface area contributed by atoms with Crippen LogP contribution in [0.5, 0.6) is 0 Å². The molecule has 1 aromatic rings. The number of hydrogen-bond donors (Lipinski definition) is 2. The largest absolute Gasteiger partial charge is 0.372 e. The van der Waals surface area contributed by atoms with E-state index in [2.05, 4.69) is 20.8 Å². The van der Waals surface area contributed by atoms with Gasteiger partial charge in [0.2, 0.25) is 0 Å². The molecule has 0 fully saturated rings. The molecule has 7 heteroatoms. The van der Waals surface area contributed by atoms with Crippen molar-refractivity contribution in [3.05, 3.63) is 17.8 Å². The molecule has 0 saturated heterocycles. The van der Waals surface area contributed by atoms with E-state index in [4.69, 9.17) is 0 Å². The van der Waals surface area contributed by atoms with Crippen LogP contribution in [0.2, 0.25) is 0 Å². The first kappa shape index (κ1) is 13.6. The van der Waals surface area contributed by atoms with E-state index in [-0.39, 0.29) is 16.9 Å². The number of rotatable bonds is 5. The summed E-state index contributed by atoms with van der Waals surface area (Å²) >= 11 is 0. The molecule has 0 radical (unpaired) electrons. The highest BCUT2D eigenvalue weighted by Crippen LogP contribution is 2.00. The molecule has 0 aromatic carbocycles. The van der Waals surface area contributed by atoms with Gasteiger partial charge in [0.25, 0.3) is 5.91 Å². The van der Waals surface area contributed by atoms with Crippen LogP contribution in [0.3, 0.4) is 0 Å². The van der Waals surface area contributed by atoms with E-state index in [1.54, 1.807) is 25.4 Å². The minimum absolute atomic E-state index is 0.0801. The molecule has 0 aliphatic rings. The monoisotopic (exact) mass is 256 g/mol. The van der Waals surface area contributed by atoms with Gasteiger partial charge in [-0.15, -0.1) is 10.2 Å². The minimum Gasteiger partial charge on any atom is -0.372 e. The lowest BCUT2D eigenvalue weighted by molar-refractivity contribution is 0.0948. The molecule has 17 heavy (non-hydrogen) atoms. The topological polar surface area (TPSA) is 84.0 Å². The van der Waals surface area contributed by atoms with Crippen molar-refractivity contribution in [2.24, 2.45) is 0 Å². The van der Waals surface area contributed by atoms with Gasteiger partial charge in [0.05, 0.1) is 0 Å². The highest BCUT2D eigenvalue weighted by atomic mass is 32.2. The zero-order valence-corrected chi connectivity index (χ0v) is 10.9. The first-order chi connectivity index (χ1) is 8.04. The van der Waals surface area contributed by atoms with Gasteiger partial charge in [0.15, 0.2) is 5.69 Å². The van der Waals surface area contributed by atoms with E-state index < -0.39 is 10.8 Å². The molecule has 0 saturated carbocycles. The Kier molecular flexibility index (Phi) is 5.02. The van der Waals surface area contributed by atoms with Crippen LogP contribution >= 0.6 is 0 Å². The van der Waals surface area contributed by atoms with Gasteiger partial charge in [0.1, 0.15) is 5.82 Å². The van der Waals surface area contributed by atoms with Crippen molar-refractivity contribution >= 4 is 22.5 Å². The molecule has 6 nitrogen and oxygen atoms in total. The van der Waals surface area contributed by atoms with Crippen LogP contribution in [0.1, 0.15) is 17.4 Å². The van der Waals surface area contributed by atoms with E-state index in [0.717, 1.165) is 0 Å². The summed E-state index contributed by atoms with van der Waals surface area (Å²) in [7, 11) is 0.775. The van der Waals surface area contributed by atoms with Gasteiger partial charge >= 0.3 is 0 Å². The fourth-order valence-electron chi connectivity index (χ4n) is 1.03. The summed E-state index contributed by atoms with van der Waals surface area (Å²) in [5.41, 5.74) is 0.248. The fraction of sp³-hybridized carbons (Fsp3) is 0.500. The van der Waals surface area contributed by atoms with Gasteiger partial charge in [-0.05, 0) is 19.1 Å². The van der Waals surface area contributed by atoms with Crippen LogP contribution in [0, 0.1) is 0 Å². The Bertz CT molecular complexity index is 407. The average Bonchev–Trinajstić information content (AvgIpc) is 2.35. The second-order valence-electron chi connectivity index (χ2n) is 3.57. The number of aromatic nitrogens is 2. The summed E-state index contributed by atoms with van der Waals surface area (Å²) in [5, 5.41) is 13.0. The summed E-state index contributed by atoms with van der Waals surface area (Å²) in [6.45, 7) is 2.17. The Morgan fingerprint density at radius 3 is 2.65 bits per heavy atom. The number of amides is 1. The molecule has 0 spiro atoms. The van der Waals surface area contributed by atoms with Crippen molar-refractivity contribution in [2.45, 2.75) is 12.2 Å². The molecule has 0 aliphatic carbocycles. The van der Waals surface area contributed by atoms with Crippen molar-refractivity contribution in [2.75, 3.05) is 25.2 Å². The molecule has 2 atom stereocenters. The maximum absolute atomic E-state index is 11.6. The number of carbonyl (C=O) groups is 1. The van der Waals surface area contributed by atoms with Crippen LogP contribution in [0.25, 0.3) is 0 Å². The Morgan fingerprint density at radius 2 is 2.18 bits per heavy atom.